The third-order valence-electron chi connectivity index (χ3n) is 2.21. The first kappa shape index (κ1) is 16.3. The molecular weight excluding hydrogens is 322 g/mol. The van der Waals surface area contributed by atoms with Crippen LogP contribution in [0, 0.1) is 11.3 Å². The van der Waals surface area contributed by atoms with Crippen LogP contribution in [0.1, 0.15) is 31.9 Å². The summed E-state index contributed by atoms with van der Waals surface area (Å²) in [6.45, 7) is 5.39. The number of rotatable bonds is 3. The second kappa shape index (κ2) is 6.58. The smallest absolute Gasteiger partial charge is 0.331 e. The van der Waals surface area contributed by atoms with E-state index in [2.05, 4.69) is 15.9 Å². The van der Waals surface area contributed by atoms with E-state index in [4.69, 9.17) is 14.7 Å². The van der Waals surface area contributed by atoms with Crippen LogP contribution in [0.2, 0.25) is 0 Å². The first-order valence-electron chi connectivity index (χ1n) is 5.95. The van der Waals surface area contributed by atoms with Gasteiger partial charge in [0.15, 0.2) is 0 Å². The highest BCUT2D eigenvalue weighted by atomic mass is 79.9. The van der Waals surface area contributed by atoms with Crippen LogP contribution < -0.4 is 4.74 Å². The Hall–Kier alpha value is -1.80. The molecule has 0 fully saturated rings. The summed E-state index contributed by atoms with van der Waals surface area (Å²) in [5.74, 6) is -0.0199. The van der Waals surface area contributed by atoms with Gasteiger partial charge in [0.25, 0.3) is 0 Å². The maximum Gasteiger partial charge on any atom is 0.331 e. The first-order chi connectivity index (χ1) is 9.26. The van der Waals surface area contributed by atoms with Gasteiger partial charge in [-0.05, 0) is 39.0 Å². The molecule has 0 saturated heterocycles. The lowest BCUT2D eigenvalue weighted by atomic mass is 10.1. The fourth-order valence-electron chi connectivity index (χ4n) is 1.54. The number of nitrogens with zero attached hydrogens (tertiary/aromatic N) is 1. The van der Waals surface area contributed by atoms with Gasteiger partial charge in [-0.25, -0.2) is 4.79 Å². The molecule has 0 aromatic heterocycles. The summed E-state index contributed by atoms with van der Waals surface area (Å²) in [5.41, 5.74) is 0.482. The Morgan fingerprint density at radius 2 is 2.05 bits per heavy atom. The van der Waals surface area contributed by atoms with Gasteiger partial charge in [0.2, 0.25) is 0 Å². The van der Waals surface area contributed by atoms with Crippen LogP contribution in [0.4, 0.5) is 0 Å². The average Bonchev–Trinajstić information content (AvgIpc) is 2.33. The van der Waals surface area contributed by atoms with Crippen LogP contribution in [0.5, 0.6) is 5.75 Å². The van der Waals surface area contributed by atoms with E-state index >= 15 is 0 Å². The van der Waals surface area contributed by atoms with Crippen LogP contribution in [0.15, 0.2) is 22.7 Å². The number of benzene rings is 1. The number of carbonyl (C=O) groups is 1. The van der Waals surface area contributed by atoms with E-state index < -0.39 is 11.6 Å². The highest BCUT2D eigenvalue weighted by Crippen LogP contribution is 2.29. The lowest BCUT2D eigenvalue weighted by Crippen LogP contribution is -2.22. The molecular formula is C15H16BrNO3. The normalized spacial score (nSPS) is 11.2. The topological polar surface area (TPSA) is 59.3 Å². The Bertz CT molecular complexity index is 580. The number of methoxy groups -OCH3 is 1. The Kier molecular flexibility index (Phi) is 5.34. The predicted molar refractivity (Wildman–Crippen MR) is 80.3 cm³/mol. The molecule has 1 aromatic carbocycles. The van der Waals surface area contributed by atoms with Crippen molar-refractivity contribution in [2.75, 3.05) is 7.11 Å². The van der Waals surface area contributed by atoms with E-state index in [1.807, 2.05) is 6.07 Å². The molecule has 20 heavy (non-hydrogen) atoms. The number of hydrogen-bond acceptors (Lipinski definition) is 4. The molecule has 0 aliphatic carbocycles. The molecule has 0 radical (unpaired) electrons. The monoisotopic (exact) mass is 337 g/mol. The minimum absolute atomic E-state index is 0.394. The summed E-state index contributed by atoms with van der Waals surface area (Å²) in [4.78, 5) is 11.6. The molecule has 4 nitrogen and oxygen atoms in total. The van der Waals surface area contributed by atoms with Gasteiger partial charge in [-0.1, -0.05) is 15.9 Å². The Balaban J connectivity index is 3.06. The highest BCUT2D eigenvalue weighted by Gasteiger charge is 2.14. The van der Waals surface area contributed by atoms with Gasteiger partial charge >= 0.3 is 5.97 Å². The van der Waals surface area contributed by atoms with Gasteiger partial charge in [-0.3, -0.25) is 0 Å². The van der Waals surface area contributed by atoms with Crippen molar-refractivity contribution in [1.29, 1.82) is 5.26 Å². The first-order valence-corrected chi connectivity index (χ1v) is 6.75. The van der Waals surface area contributed by atoms with Crippen molar-refractivity contribution in [3.05, 3.63) is 33.8 Å². The summed E-state index contributed by atoms with van der Waals surface area (Å²) in [6, 6.07) is 5.47. The molecule has 0 amide bonds. The van der Waals surface area contributed by atoms with Crippen molar-refractivity contribution in [2.24, 2.45) is 0 Å². The average molecular weight is 338 g/mol. The quantitative estimate of drug-likeness (QED) is 0.623. The number of halogens is 1. The molecule has 0 atom stereocenters. The standard InChI is InChI=1S/C15H16BrNO3/c1-15(2,3)20-13(18)6-5-10-7-12(16)8-11(9-17)14(10)19-4/h5-8H,1-4H3/b6-5+. The number of nitriles is 1. The molecule has 0 spiro atoms. The minimum Gasteiger partial charge on any atom is -0.495 e. The third-order valence-corrected chi connectivity index (χ3v) is 2.67. The molecule has 0 saturated carbocycles. The second-order valence-corrected chi connectivity index (χ2v) is 5.97. The van der Waals surface area contributed by atoms with E-state index in [0.717, 1.165) is 4.47 Å². The third kappa shape index (κ3) is 4.71. The summed E-state index contributed by atoms with van der Waals surface area (Å²) in [5, 5.41) is 9.06. The van der Waals surface area contributed by atoms with Crippen LogP contribution in [0.25, 0.3) is 6.08 Å². The van der Waals surface area contributed by atoms with Crippen molar-refractivity contribution in [3.8, 4) is 11.8 Å². The summed E-state index contributed by atoms with van der Waals surface area (Å²) in [7, 11) is 1.48. The molecule has 0 heterocycles. The van der Waals surface area contributed by atoms with E-state index in [1.54, 1.807) is 39.0 Å². The zero-order valence-electron chi connectivity index (χ0n) is 11.9. The lowest BCUT2D eigenvalue weighted by Gasteiger charge is -2.18. The van der Waals surface area contributed by atoms with E-state index in [0.29, 0.717) is 16.9 Å². The van der Waals surface area contributed by atoms with Crippen molar-refractivity contribution in [1.82, 2.24) is 0 Å². The van der Waals surface area contributed by atoms with Gasteiger partial charge in [0.05, 0.1) is 12.7 Å². The number of ether oxygens (including phenoxy) is 2. The predicted octanol–water partition coefficient (Wildman–Crippen LogP) is 3.68. The minimum atomic E-state index is -0.541. The van der Waals surface area contributed by atoms with E-state index in [1.165, 1.54) is 13.2 Å². The summed E-state index contributed by atoms with van der Waals surface area (Å²) < 4.78 is 11.1. The molecule has 106 valence electrons. The summed E-state index contributed by atoms with van der Waals surface area (Å²) >= 11 is 3.32. The van der Waals surface area contributed by atoms with Gasteiger partial charge in [-0.15, -0.1) is 0 Å². The second-order valence-electron chi connectivity index (χ2n) is 5.05. The fourth-order valence-corrected chi connectivity index (χ4v) is 2.02. The SMILES string of the molecule is COc1c(C#N)cc(Br)cc1/C=C/C(=O)OC(C)(C)C. The molecule has 0 aliphatic rings. The van der Waals surface area contributed by atoms with Crippen molar-refractivity contribution in [3.63, 3.8) is 0 Å². The van der Waals surface area contributed by atoms with E-state index in [9.17, 15) is 4.79 Å². The maximum atomic E-state index is 11.6. The zero-order valence-corrected chi connectivity index (χ0v) is 13.4. The van der Waals surface area contributed by atoms with Gasteiger partial charge < -0.3 is 9.47 Å². The maximum absolute atomic E-state index is 11.6. The molecule has 1 rings (SSSR count). The van der Waals surface area contributed by atoms with Crippen molar-refractivity contribution >= 4 is 28.0 Å². The van der Waals surface area contributed by atoms with Crippen molar-refractivity contribution in [2.45, 2.75) is 26.4 Å². The number of esters is 1. The highest BCUT2D eigenvalue weighted by molar-refractivity contribution is 9.10. The van der Waals surface area contributed by atoms with Crippen LogP contribution in [-0.2, 0) is 9.53 Å². The molecule has 0 bridgehead atoms. The fraction of sp³-hybridized carbons (Fsp3) is 0.333. The molecule has 0 N–H and O–H groups in total. The largest absolute Gasteiger partial charge is 0.495 e. The van der Waals surface area contributed by atoms with Crippen LogP contribution in [0.3, 0.4) is 0 Å². The van der Waals surface area contributed by atoms with Gasteiger partial charge in [0.1, 0.15) is 17.4 Å². The molecule has 0 aliphatic heterocycles. The number of carbonyl (C=O) groups excluding carboxylic acids is 1. The van der Waals surface area contributed by atoms with Gasteiger partial charge in [-0.2, -0.15) is 5.26 Å². The Morgan fingerprint density at radius 1 is 1.40 bits per heavy atom. The zero-order chi connectivity index (χ0) is 15.3. The Morgan fingerprint density at radius 3 is 2.55 bits per heavy atom. The lowest BCUT2D eigenvalue weighted by molar-refractivity contribution is -0.148. The van der Waals surface area contributed by atoms with E-state index in [-0.39, 0.29) is 0 Å². The molecule has 0 unspecified atom stereocenters. The summed E-state index contributed by atoms with van der Waals surface area (Å²) in [6.07, 6.45) is 2.88. The van der Waals surface area contributed by atoms with Crippen molar-refractivity contribution < 1.29 is 14.3 Å². The molecule has 5 heteroatoms. The van der Waals surface area contributed by atoms with Gasteiger partial charge in [0, 0.05) is 16.1 Å². The number of hydrogen-bond donors (Lipinski definition) is 0. The van der Waals surface area contributed by atoms with Crippen LogP contribution in [-0.4, -0.2) is 18.7 Å². The Labute approximate surface area is 127 Å². The molecule has 1 aromatic rings. The van der Waals surface area contributed by atoms with Crippen LogP contribution >= 0.6 is 15.9 Å².